The van der Waals surface area contributed by atoms with Crippen molar-refractivity contribution in [2.24, 2.45) is 0 Å². The Hall–Kier alpha value is -2.86. The summed E-state index contributed by atoms with van der Waals surface area (Å²) in [4.78, 5) is 12.4. The Morgan fingerprint density at radius 1 is 1.04 bits per heavy atom. The number of nitrogens with two attached hydrogens (primary N) is 1. The van der Waals surface area contributed by atoms with Crippen LogP contribution in [0.2, 0.25) is 5.02 Å². The first kappa shape index (κ1) is 15.1. The molecule has 0 saturated carbocycles. The molecule has 1 heterocycles. The number of aryl methyl sites for hydroxylation is 1. The number of benzene rings is 2. The van der Waals surface area contributed by atoms with Crippen LogP contribution >= 0.6 is 11.6 Å². The zero-order valence-electron chi connectivity index (χ0n) is 12.3. The first-order valence-electron chi connectivity index (χ1n) is 6.89. The number of nitrogens with zero attached hydrogens (tertiary/aromatic N) is 3. The van der Waals surface area contributed by atoms with E-state index in [2.05, 4.69) is 15.5 Å². The largest absolute Gasteiger partial charge is 0.333 e. The third-order valence-corrected chi connectivity index (χ3v) is 3.57. The lowest BCUT2D eigenvalue weighted by Crippen LogP contribution is -2.32. The maximum Gasteiger partial charge on any atom is 0.300 e. The Balaban J connectivity index is 1.96. The molecule has 0 unspecified atom stereocenters. The summed E-state index contributed by atoms with van der Waals surface area (Å²) in [6.07, 6.45) is 0. The predicted octanol–water partition coefficient (Wildman–Crippen LogP) is 2.72. The van der Waals surface area contributed by atoms with E-state index >= 15 is 0 Å². The molecule has 3 aromatic rings. The van der Waals surface area contributed by atoms with Crippen LogP contribution < -0.4 is 16.7 Å². The molecule has 7 heteroatoms. The highest BCUT2D eigenvalue weighted by Crippen LogP contribution is 2.18. The number of nitrogen functional groups attached to an aromatic ring is 1. The molecule has 1 aromatic heterocycles. The average molecular weight is 328 g/mol. The fourth-order valence-electron chi connectivity index (χ4n) is 2.04. The molecular formula is C16H14ClN5O. The molecule has 0 aliphatic heterocycles. The quantitative estimate of drug-likeness (QED) is 0.722. The number of anilines is 2. The highest BCUT2D eigenvalue weighted by molar-refractivity contribution is 6.30. The van der Waals surface area contributed by atoms with Gasteiger partial charge in [-0.15, -0.1) is 10.2 Å². The molecule has 0 spiro atoms. The van der Waals surface area contributed by atoms with Crippen molar-refractivity contribution in [1.82, 2.24) is 14.9 Å². The van der Waals surface area contributed by atoms with Gasteiger partial charge in [0.25, 0.3) is 5.56 Å². The Morgan fingerprint density at radius 3 is 2.35 bits per heavy atom. The van der Waals surface area contributed by atoms with E-state index in [0.29, 0.717) is 10.6 Å². The van der Waals surface area contributed by atoms with Gasteiger partial charge in [-0.3, -0.25) is 4.79 Å². The van der Waals surface area contributed by atoms with E-state index in [9.17, 15) is 4.79 Å². The molecule has 3 rings (SSSR count). The summed E-state index contributed by atoms with van der Waals surface area (Å²) < 4.78 is 0.941. The SMILES string of the molecule is Cc1ccc(Nc2nnc(-c3ccc(Cl)cc3)c(=O)n2N)cc1. The van der Waals surface area contributed by atoms with Crippen LogP contribution in [0.3, 0.4) is 0 Å². The van der Waals surface area contributed by atoms with Crippen molar-refractivity contribution in [3.8, 4) is 11.3 Å². The smallest absolute Gasteiger partial charge is 0.300 e. The molecule has 2 aromatic carbocycles. The fourth-order valence-corrected chi connectivity index (χ4v) is 2.16. The monoisotopic (exact) mass is 327 g/mol. The molecule has 0 atom stereocenters. The van der Waals surface area contributed by atoms with E-state index in [4.69, 9.17) is 17.4 Å². The summed E-state index contributed by atoms with van der Waals surface area (Å²) >= 11 is 5.84. The highest BCUT2D eigenvalue weighted by atomic mass is 35.5. The second-order valence-electron chi connectivity index (χ2n) is 5.05. The predicted molar refractivity (Wildman–Crippen MR) is 91.4 cm³/mol. The zero-order valence-corrected chi connectivity index (χ0v) is 13.1. The fraction of sp³-hybridized carbons (Fsp3) is 0.0625. The van der Waals surface area contributed by atoms with Crippen molar-refractivity contribution in [3.63, 3.8) is 0 Å². The van der Waals surface area contributed by atoms with Crippen molar-refractivity contribution in [2.75, 3.05) is 11.2 Å². The second kappa shape index (κ2) is 6.10. The van der Waals surface area contributed by atoms with Crippen LogP contribution in [0.25, 0.3) is 11.3 Å². The molecule has 0 saturated heterocycles. The number of rotatable bonds is 3. The number of aromatic nitrogens is 3. The number of hydrogen-bond donors (Lipinski definition) is 2. The van der Waals surface area contributed by atoms with Crippen molar-refractivity contribution >= 4 is 23.2 Å². The second-order valence-corrected chi connectivity index (χ2v) is 5.48. The van der Waals surface area contributed by atoms with Crippen LogP contribution in [0.1, 0.15) is 5.56 Å². The van der Waals surface area contributed by atoms with Gasteiger partial charge in [0.15, 0.2) is 5.69 Å². The molecular weight excluding hydrogens is 314 g/mol. The van der Waals surface area contributed by atoms with Crippen LogP contribution in [-0.2, 0) is 0 Å². The minimum Gasteiger partial charge on any atom is -0.333 e. The zero-order chi connectivity index (χ0) is 16.4. The van der Waals surface area contributed by atoms with E-state index in [0.717, 1.165) is 15.9 Å². The van der Waals surface area contributed by atoms with Gasteiger partial charge in [-0.05, 0) is 31.2 Å². The van der Waals surface area contributed by atoms with Crippen LogP contribution in [0.4, 0.5) is 11.6 Å². The van der Waals surface area contributed by atoms with Gasteiger partial charge in [-0.25, -0.2) is 0 Å². The normalized spacial score (nSPS) is 10.5. The topological polar surface area (TPSA) is 85.8 Å². The van der Waals surface area contributed by atoms with Crippen LogP contribution in [0, 0.1) is 6.92 Å². The van der Waals surface area contributed by atoms with Gasteiger partial charge in [0.05, 0.1) is 0 Å². The molecule has 0 aliphatic rings. The number of halogens is 1. The molecule has 0 amide bonds. The minimum atomic E-state index is -0.447. The van der Waals surface area contributed by atoms with Gasteiger partial charge in [0.2, 0.25) is 5.95 Å². The third-order valence-electron chi connectivity index (χ3n) is 3.32. The van der Waals surface area contributed by atoms with E-state index in [1.54, 1.807) is 24.3 Å². The molecule has 3 N–H and O–H groups in total. The van der Waals surface area contributed by atoms with Gasteiger partial charge in [0.1, 0.15) is 0 Å². The first-order chi connectivity index (χ1) is 11.0. The lowest BCUT2D eigenvalue weighted by Gasteiger charge is -2.10. The standard InChI is InChI=1S/C16H14ClN5O/c1-10-2-8-13(9-3-10)19-16-21-20-14(15(23)22(16)18)11-4-6-12(17)7-5-11/h2-9H,18H2,1H3,(H,19,21). The van der Waals surface area contributed by atoms with Crippen LogP contribution in [0.5, 0.6) is 0 Å². The van der Waals surface area contributed by atoms with E-state index < -0.39 is 5.56 Å². The van der Waals surface area contributed by atoms with Gasteiger partial charge in [-0.2, -0.15) is 4.68 Å². The van der Waals surface area contributed by atoms with E-state index in [1.165, 1.54) is 0 Å². The summed E-state index contributed by atoms with van der Waals surface area (Å²) in [5.41, 5.74) is 2.22. The Bertz CT molecular complexity index is 888. The summed E-state index contributed by atoms with van der Waals surface area (Å²) in [5.74, 6) is 6.00. The van der Waals surface area contributed by atoms with Gasteiger partial charge < -0.3 is 11.2 Å². The van der Waals surface area contributed by atoms with Crippen LogP contribution in [-0.4, -0.2) is 14.9 Å². The van der Waals surface area contributed by atoms with Gasteiger partial charge >= 0.3 is 0 Å². The summed E-state index contributed by atoms with van der Waals surface area (Å²) in [6.45, 7) is 1.99. The average Bonchev–Trinajstić information content (AvgIpc) is 2.55. The molecule has 0 fully saturated rings. The lowest BCUT2D eigenvalue weighted by atomic mass is 10.2. The highest BCUT2D eigenvalue weighted by Gasteiger charge is 2.12. The molecule has 0 bridgehead atoms. The first-order valence-corrected chi connectivity index (χ1v) is 7.27. The van der Waals surface area contributed by atoms with Crippen molar-refractivity contribution < 1.29 is 0 Å². The number of nitrogens with one attached hydrogen (secondary N) is 1. The minimum absolute atomic E-state index is 0.163. The summed E-state index contributed by atoms with van der Waals surface area (Å²) in [7, 11) is 0. The summed E-state index contributed by atoms with van der Waals surface area (Å²) in [6, 6.07) is 14.4. The Labute approximate surface area is 137 Å². The molecule has 0 radical (unpaired) electrons. The van der Waals surface area contributed by atoms with Crippen molar-refractivity contribution in [1.29, 1.82) is 0 Å². The van der Waals surface area contributed by atoms with Gasteiger partial charge in [-0.1, -0.05) is 41.4 Å². The van der Waals surface area contributed by atoms with Gasteiger partial charge in [0, 0.05) is 16.3 Å². The summed E-state index contributed by atoms with van der Waals surface area (Å²) in [5, 5.41) is 11.5. The third kappa shape index (κ3) is 3.17. The molecule has 6 nitrogen and oxygen atoms in total. The lowest BCUT2D eigenvalue weighted by molar-refractivity contribution is 0.842. The maximum atomic E-state index is 12.4. The van der Waals surface area contributed by atoms with E-state index in [1.807, 2.05) is 31.2 Å². The number of hydrogen-bond acceptors (Lipinski definition) is 5. The van der Waals surface area contributed by atoms with Crippen LogP contribution in [0.15, 0.2) is 53.3 Å². The maximum absolute atomic E-state index is 12.4. The molecule has 23 heavy (non-hydrogen) atoms. The Kier molecular flexibility index (Phi) is 3.99. The van der Waals surface area contributed by atoms with Crippen molar-refractivity contribution in [2.45, 2.75) is 6.92 Å². The van der Waals surface area contributed by atoms with Crippen molar-refractivity contribution in [3.05, 3.63) is 69.5 Å². The Morgan fingerprint density at radius 2 is 1.70 bits per heavy atom. The van der Waals surface area contributed by atoms with E-state index in [-0.39, 0.29) is 11.6 Å². The molecule has 116 valence electrons. The molecule has 0 aliphatic carbocycles.